The first-order valence-electron chi connectivity index (χ1n) is 10.9. The summed E-state index contributed by atoms with van der Waals surface area (Å²) in [5.74, 6) is 3.26. The molecule has 1 aromatic carbocycles. The number of morpholine rings is 1. The molecule has 1 aromatic rings. The molecule has 1 heterocycles. The number of nitrogens with one attached hydrogen (secondary N) is 1. The van der Waals surface area contributed by atoms with Gasteiger partial charge < -0.3 is 10.1 Å². The molecule has 5 aliphatic rings. The quantitative estimate of drug-likeness (QED) is 0.795. The van der Waals surface area contributed by atoms with E-state index in [0.29, 0.717) is 44.1 Å². The van der Waals surface area contributed by atoms with Crippen LogP contribution < -0.4 is 5.32 Å². The molecular formula is C23H30N2O3. The average molecular weight is 383 g/mol. The topological polar surface area (TPSA) is 58.6 Å². The molecule has 0 spiro atoms. The lowest BCUT2D eigenvalue weighted by Crippen LogP contribution is -2.59. The maximum Gasteiger partial charge on any atom is 0.250 e. The van der Waals surface area contributed by atoms with Crippen LogP contribution in [0.5, 0.6) is 0 Å². The van der Waals surface area contributed by atoms with Crippen molar-refractivity contribution in [3.63, 3.8) is 0 Å². The molecule has 1 N–H and O–H groups in total. The lowest BCUT2D eigenvalue weighted by atomic mass is 9.54. The molecule has 0 aromatic heterocycles. The smallest absolute Gasteiger partial charge is 0.250 e. The van der Waals surface area contributed by atoms with E-state index in [1.54, 1.807) is 0 Å². The van der Waals surface area contributed by atoms with E-state index in [9.17, 15) is 9.59 Å². The van der Waals surface area contributed by atoms with Crippen LogP contribution >= 0.6 is 0 Å². The van der Waals surface area contributed by atoms with E-state index >= 15 is 0 Å². The van der Waals surface area contributed by atoms with Crippen LogP contribution in [-0.4, -0.2) is 55.0 Å². The second-order valence-electron chi connectivity index (χ2n) is 9.35. The molecule has 4 saturated carbocycles. The summed E-state index contributed by atoms with van der Waals surface area (Å²) in [6.45, 7) is 2.04. The molecule has 5 fully saturated rings. The van der Waals surface area contributed by atoms with Gasteiger partial charge >= 0.3 is 0 Å². The fraction of sp³-hybridized carbons (Fsp3) is 0.652. The highest BCUT2D eigenvalue weighted by Gasteiger charge is 2.49. The van der Waals surface area contributed by atoms with E-state index in [-0.39, 0.29) is 11.7 Å². The Bertz CT molecular complexity index is 707. The summed E-state index contributed by atoms with van der Waals surface area (Å²) in [4.78, 5) is 27.5. The van der Waals surface area contributed by atoms with E-state index in [0.717, 1.165) is 17.4 Å². The van der Waals surface area contributed by atoms with Gasteiger partial charge in [0.15, 0.2) is 5.78 Å². The van der Waals surface area contributed by atoms with Crippen molar-refractivity contribution in [3.05, 3.63) is 35.9 Å². The number of Topliss-reactive ketones (excluding diaryl/α,β-unsaturated/α-hetero) is 1. The third-order valence-electron chi connectivity index (χ3n) is 7.44. The first-order valence-corrected chi connectivity index (χ1v) is 10.9. The van der Waals surface area contributed by atoms with Crippen molar-refractivity contribution >= 4 is 11.7 Å². The van der Waals surface area contributed by atoms with Gasteiger partial charge in [-0.3, -0.25) is 14.5 Å². The SMILES string of the molecule is O=C(CN1CCOC(C(=O)NC2C3CC4CC(C3)CC2C4)C1)c1ccccc1. The number of nitrogens with zero attached hydrogens (tertiary/aromatic N) is 1. The highest BCUT2D eigenvalue weighted by Crippen LogP contribution is 2.53. The summed E-state index contributed by atoms with van der Waals surface area (Å²) >= 11 is 0. The molecule has 1 amide bonds. The van der Waals surface area contributed by atoms with Crippen LogP contribution in [0.1, 0.15) is 42.5 Å². The maximum absolute atomic E-state index is 12.9. The molecule has 5 nitrogen and oxygen atoms in total. The van der Waals surface area contributed by atoms with Crippen molar-refractivity contribution in [2.75, 3.05) is 26.2 Å². The van der Waals surface area contributed by atoms with Crippen molar-refractivity contribution in [2.45, 2.75) is 44.2 Å². The fourth-order valence-electron chi connectivity index (χ4n) is 6.34. The van der Waals surface area contributed by atoms with Crippen molar-refractivity contribution < 1.29 is 14.3 Å². The fourth-order valence-corrected chi connectivity index (χ4v) is 6.34. The van der Waals surface area contributed by atoms with E-state index in [1.807, 2.05) is 30.3 Å². The van der Waals surface area contributed by atoms with Crippen molar-refractivity contribution in [2.24, 2.45) is 23.7 Å². The van der Waals surface area contributed by atoms with Gasteiger partial charge in [-0.05, 0) is 55.8 Å². The summed E-state index contributed by atoms with van der Waals surface area (Å²) < 4.78 is 5.79. The molecule has 4 bridgehead atoms. The summed E-state index contributed by atoms with van der Waals surface area (Å²) in [6, 6.07) is 9.71. The maximum atomic E-state index is 12.9. The summed E-state index contributed by atoms with van der Waals surface area (Å²) in [6.07, 6.45) is 6.13. The lowest BCUT2D eigenvalue weighted by molar-refractivity contribution is -0.142. The Morgan fingerprint density at radius 2 is 1.68 bits per heavy atom. The minimum Gasteiger partial charge on any atom is -0.366 e. The monoisotopic (exact) mass is 382 g/mol. The highest BCUT2D eigenvalue weighted by molar-refractivity contribution is 5.97. The number of hydrogen-bond donors (Lipinski definition) is 1. The zero-order valence-corrected chi connectivity index (χ0v) is 16.4. The van der Waals surface area contributed by atoms with Gasteiger partial charge in [-0.15, -0.1) is 0 Å². The minimum absolute atomic E-state index is 0.0225. The van der Waals surface area contributed by atoms with Gasteiger partial charge in [-0.1, -0.05) is 30.3 Å². The second kappa shape index (κ2) is 7.60. The van der Waals surface area contributed by atoms with Crippen LogP contribution in [0, 0.1) is 23.7 Å². The van der Waals surface area contributed by atoms with E-state index < -0.39 is 6.10 Å². The van der Waals surface area contributed by atoms with Crippen LogP contribution in [0.2, 0.25) is 0 Å². The third-order valence-corrected chi connectivity index (χ3v) is 7.44. The summed E-state index contributed by atoms with van der Waals surface area (Å²) in [5, 5.41) is 3.36. The van der Waals surface area contributed by atoms with Crippen molar-refractivity contribution in [1.82, 2.24) is 10.2 Å². The summed E-state index contributed by atoms with van der Waals surface area (Å²) in [7, 11) is 0. The van der Waals surface area contributed by atoms with Gasteiger partial charge in [-0.2, -0.15) is 0 Å². The van der Waals surface area contributed by atoms with Gasteiger partial charge in [0.25, 0.3) is 5.91 Å². The largest absolute Gasteiger partial charge is 0.366 e. The number of rotatable bonds is 5. The molecular weight excluding hydrogens is 352 g/mol. The van der Waals surface area contributed by atoms with Crippen LogP contribution in [0.4, 0.5) is 0 Å². The second-order valence-corrected chi connectivity index (χ2v) is 9.35. The highest BCUT2D eigenvalue weighted by atomic mass is 16.5. The Balaban J connectivity index is 1.17. The predicted octanol–water partition coefficient (Wildman–Crippen LogP) is 2.51. The predicted molar refractivity (Wildman–Crippen MR) is 106 cm³/mol. The first-order chi connectivity index (χ1) is 13.7. The molecule has 4 aliphatic carbocycles. The average Bonchev–Trinajstić information content (AvgIpc) is 2.71. The molecule has 1 unspecified atom stereocenters. The Morgan fingerprint density at radius 1 is 1.00 bits per heavy atom. The minimum atomic E-state index is -0.463. The zero-order chi connectivity index (χ0) is 19.1. The summed E-state index contributed by atoms with van der Waals surface area (Å²) in [5.41, 5.74) is 0.726. The van der Waals surface area contributed by atoms with Gasteiger partial charge in [0.05, 0.1) is 13.2 Å². The third kappa shape index (κ3) is 3.62. The number of ketones is 1. The zero-order valence-electron chi connectivity index (χ0n) is 16.4. The number of amides is 1. The van der Waals surface area contributed by atoms with Crippen molar-refractivity contribution in [3.8, 4) is 0 Å². The van der Waals surface area contributed by atoms with Gasteiger partial charge in [-0.25, -0.2) is 0 Å². The first kappa shape index (κ1) is 18.3. The van der Waals surface area contributed by atoms with E-state index in [4.69, 9.17) is 4.74 Å². The molecule has 1 atom stereocenters. The van der Waals surface area contributed by atoms with Crippen LogP contribution in [0.3, 0.4) is 0 Å². The molecule has 6 rings (SSSR count). The Hall–Kier alpha value is -1.72. The Labute approximate surface area is 166 Å². The number of ether oxygens (including phenoxy) is 1. The normalized spacial score (nSPS) is 37.0. The lowest BCUT2D eigenvalue weighted by Gasteiger charge is -2.54. The Morgan fingerprint density at radius 3 is 2.36 bits per heavy atom. The Kier molecular flexibility index (Phi) is 4.97. The van der Waals surface area contributed by atoms with Gasteiger partial charge in [0.1, 0.15) is 6.10 Å². The molecule has 28 heavy (non-hydrogen) atoms. The van der Waals surface area contributed by atoms with Crippen molar-refractivity contribution in [1.29, 1.82) is 0 Å². The van der Waals surface area contributed by atoms with Gasteiger partial charge in [0, 0.05) is 24.7 Å². The molecule has 5 heteroatoms. The number of carbonyl (C=O) groups is 2. The van der Waals surface area contributed by atoms with Crippen LogP contribution in [0.25, 0.3) is 0 Å². The van der Waals surface area contributed by atoms with E-state index in [2.05, 4.69) is 10.2 Å². The molecule has 0 radical (unpaired) electrons. The number of hydrogen-bond acceptors (Lipinski definition) is 4. The van der Waals surface area contributed by atoms with Gasteiger partial charge in [0.2, 0.25) is 0 Å². The molecule has 150 valence electrons. The number of carbonyl (C=O) groups excluding carboxylic acids is 2. The molecule has 1 saturated heterocycles. The van der Waals surface area contributed by atoms with Crippen LogP contribution in [0.15, 0.2) is 30.3 Å². The number of benzene rings is 1. The standard InChI is InChI=1S/C23H30N2O3/c26-20(17-4-2-1-3-5-17)13-25-6-7-28-21(14-25)23(27)24-22-18-9-15-8-16(11-18)12-19(22)10-15/h1-5,15-16,18-19,21-22H,6-14H2,(H,24,27). The van der Waals surface area contributed by atoms with Crippen LogP contribution in [-0.2, 0) is 9.53 Å². The van der Waals surface area contributed by atoms with E-state index in [1.165, 1.54) is 32.1 Å². The molecule has 1 aliphatic heterocycles.